The van der Waals surface area contributed by atoms with Crippen LogP contribution in [0.3, 0.4) is 0 Å². The van der Waals surface area contributed by atoms with Crippen LogP contribution in [-0.4, -0.2) is 55.5 Å². The van der Waals surface area contributed by atoms with Crippen molar-refractivity contribution >= 4 is 40.8 Å². The number of rotatable bonds is 10. The van der Waals surface area contributed by atoms with Crippen molar-refractivity contribution in [1.29, 1.82) is 0 Å². The summed E-state index contributed by atoms with van der Waals surface area (Å²) in [6, 6.07) is 9.88. The van der Waals surface area contributed by atoms with Crippen LogP contribution in [0.1, 0.15) is 30.6 Å². The fraction of sp³-hybridized carbons (Fsp3) is 0.360. The van der Waals surface area contributed by atoms with E-state index in [1.165, 1.54) is 54.5 Å². The van der Waals surface area contributed by atoms with Crippen LogP contribution >= 0.6 is 0 Å². The first-order valence-electron chi connectivity index (χ1n) is 11.5. The lowest BCUT2D eigenvalue weighted by Crippen LogP contribution is -2.28. The van der Waals surface area contributed by atoms with Gasteiger partial charge in [0.15, 0.2) is 6.61 Å². The number of nitro benzene ring substituents is 1. The Labute approximate surface area is 212 Å². The molecule has 0 aliphatic carbocycles. The molecule has 2 amide bonds. The molecule has 2 aromatic carbocycles. The largest absolute Gasteiger partial charge is 0.494 e. The lowest BCUT2D eigenvalue weighted by Gasteiger charge is -2.19. The van der Waals surface area contributed by atoms with E-state index in [1.54, 1.807) is 0 Å². The third-order valence-corrected chi connectivity index (χ3v) is 5.42. The Morgan fingerprint density at radius 2 is 1.84 bits per heavy atom. The molecule has 196 valence electrons. The van der Waals surface area contributed by atoms with E-state index in [1.807, 2.05) is 13.8 Å². The molecule has 12 nitrogen and oxygen atoms in total. The molecule has 37 heavy (non-hydrogen) atoms. The average Bonchev–Trinajstić information content (AvgIpc) is 3.27. The van der Waals surface area contributed by atoms with E-state index in [9.17, 15) is 29.3 Å². The van der Waals surface area contributed by atoms with E-state index < -0.39 is 35.3 Å². The number of carbonyl (C=O) groups excluding carboxylic acids is 4. The van der Waals surface area contributed by atoms with Crippen molar-refractivity contribution in [3.63, 3.8) is 0 Å². The Morgan fingerprint density at radius 1 is 1.14 bits per heavy atom. The zero-order chi connectivity index (χ0) is 27.1. The summed E-state index contributed by atoms with van der Waals surface area (Å²) >= 11 is 0. The summed E-state index contributed by atoms with van der Waals surface area (Å²) in [7, 11) is 1.32. The Bertz CT molecular complexity index is 1190. The van der Waals surface area contributed by atoms with Gasteiger partial charge in [0.1, 0.15) is 5.75 Å². The second kappa shape index (κ2) is 12.0. The molecule has 2 aromatic rings. The van der Waals surface area contributed by atoms with Gasteiger partial charge in [0, 0.05) is 24.7 Å². The predicted octanol–water partition coefficient (Wildman–Crippen LogP) is 2.95. The number of benzene rings is 2. The quantitative estimate of drug-likeness (QED) is 0.287. The van der Waals surface area contributed by atoms with E-state index in [0.717, 1.165) is 0 Å². The van der Waals surface area contributed by atoms with Crippen LogP contribution in [0, 0.1) is 22.0 Å². The summed E-state index contributed by atoms with van der Waals surface area (Å²) < 4.78 is 15.4. The molecule has 0 radical (unpaired) electrons. The van der Waals surface area contributed by atoms with Crippen LogP contribution in [0.4, 0.5) is 17.1 Å². The van der Waals surface area contributed by atoms with Gasteiger partial charge in [-0.15, -0.1) is 0 Å². The highest BCUT2D eigenvalue weighted by molar-refractivity contribution is 6.01. The number of ether oxygens (including phenoxy) is 3. The van der Waals surface area contributed by atoms with E-state index in [0.29, 0.717) is 23.5 Å². The Morgan fingerprint density at radius 3 is 2.46 bits per heavy atom. The SMILES string of the molecule is COc1cc([N+](=O)[O-])ccc1N1C[C@H](C(=O)OCC(=O)Nc2ccc(C(=O)OCC(C)C)cc2)CC1=O. The first kappa shape index (κ1) is 27.1. The van der Waals surface area contributed by atoms with Gasteiger partial charge in [0.25, 0.3) is 11.6 Å². The number of hydrogen-bond donors (Lipinski definition) is 1. The van der Waals surface area contributed by atoms with Gasteiger partial charge in [0.2, 0.25) is 5.91 Å². The van der Waals surface area contributed by atoms with Gasteiger partial charge in [-0.25, -0.2) is 4.79 Å². The van der Waals surface area contributed by atoms with Crippen molar-refractivity contribution in [3.05, 3.63) is 58.1 Å². The van der Waals surface area contributed by atoms with Crippen LogP contribution < -0.4 is 15.0 Å². The van der Waals surface area contributed by atoms with E-state index in [4.69, 9.17) is 14.2 Å². The molecule has 0 aromatic heterocycles. The molecule has 0 spiro atoms. The Balaban J connectivity index is 1.52. The van der Waals surface area contributed by atoms with Crippen LogP contribution in [0.15, 0.2) is 42.5 Å². The maximum absolute atomic E-state index is 12.5. The van der Waals surface area contributed by atoms with Crippen LogP contribution in [0.25, 0.3) is 0 Å². The second-order valence-corrected chi connectivity index (χ2v) is 8.74. The minimum Gasteiger partial charge on any atom is -0.494 e. The summed E-state index contributed by atoms with van der Waals surface area (Å²) in [5.41, 5.74) is 0.830. The van der Waals surface area contributed by atoms with Gasteiger partial charge in [-0.1, -0.05) is 13.8 Å². The Kier molecular flexibility index (Phi) is 8.77. The molecule has 0 unspecified atom stereocenters. The minimum atomic E-state index is -0.823. The fourth-order valence-corrected chi connectivity index (χ4v) is 3.57. The molecule has 12 heteroatoms. The Hall–Kier alpha value is -4.48. The predicted molar refractivity (Wildman–Crippen MR) is 131 cm³/mol. The number of nitrogens with zero attached hydrogens (tertiary/aromatic N) is 2. The zero-order valence-corrected chi connectivity index (χ0v) is 20.6. The van der Waals surface area contributed by atoms with Gasteiger partial charge in [-0.3, -0.25) is 24.5 Å². The van der Waals surface area contributed by atoms with Crippen molar-refractivity contribution in [2.24, 2.45) is 11.8 Å². The number of nitrogens with one attached hydrogen (secondary N) is 1. The van der Waals surface area contributed by atoms with Crippen molar-refractivity contribution in [2.45, 2.75) is 20.3 Å². The number of non-ortho nitro benzene ring substituents is 1. The number of hydrogen-bond acceptors (Lipinski definition) is 9. The van der Waals surface area contributed by atoms with Gasteiger partial charge in [-0.05, 0) is 36.2 Å². The van der Waals surface area contributed by atoms with Crippen molar-refractivity contribution in [1.82, 2.24) is 0 Å². The molecule has 1 heterocycles. The summed E-state index contributed by atoms with van der Waals surface area (Å²) in [5.74, 6) is -2.67. The zero-order valence-electron chi connectivity index (χ0n) is 20.6. The van der Waals surface area contributed by atoms with Crippen molar-refractivity contribution in [3.8, 4) is 5.75 Å². The molecule has 1 fully saturated rings. The third kappa shape index (κ3) is 7.03. The smallest absolute Gasteiger partial charge is 0.338 e. The van der Waals surface area contributed by atoms with Gasteiger partial charge in [-0.2, -0.15) is 0 Å². The molecule has 1 aliphatic heterocycles. The van der Waals surface area contributed by atoms with Gasteiger partial charge < -0.3 is 24.4 Å². The molecule has 3 rings (SSSR count). The van der Waals surface area contributed by atoms with E-state index in [-0.39, 0.29) is 36.2 Å². The van der Waals surface area contributed by atoms with Crippen LogP contribution in [0.5, 0.6) is 5.75 Å². The molecule has 0 saturated carbocycles. The monoisotopic (exact) mass is 513 g/mol. The molecule has 1 N–H and O–H groups in total. The topological polar surface area (TPSA) is 154 Å². The molecule has 0 bridgehead atoms. The summed E-state index contributed by atoms with van der Waals surface area (Å²) in [6.45, 7) is 3.56. The number of amides is 2. The lowest BCUT2D eigenvalue weighted by atomic mass is 10.1. The first-order valence-corrected chi connectivity index (χ1v) is 11.5. The molecule has 1 saturated heterocycles. The third-order valence-electron chi connectivity index (χ3n) is 5.42. The summed E-state index contributed by atoms with van der Waals surface area (Å²) in [5, 5.41) is 13.6. The number of methoxy groups -OCH3 is 1. The minimum absolute atomic E-state index is 0.0260. The van der Waals surface area contributed by atoms with E-state index in [2.05, 4.69) is 5.32 Å². The van der Waals surface area contributed by atoms with Gasteiger partial charge in [0.05, 0.1) is 41.9 Å². The first-order chi connectivity index (χ1) is 17.6. The highest BCUT2D eigenvalue weighted by Crippen LogP contribution is 2.36. The fourth-order valence-electron chi connectivity index (χ4n) is 3.57. The maximum Gasteiger partial charge on any atom is 0.338 e. The molecule has 1 atom stereocenters. The summed E-state index contributed by atoms with van der Waals surface area (Å²) in [4.78, 5) is 60.9. The van der Waals surface area contributed by atoms with Crippen molar-refractivity contribution < 1.29 is 38.3 Å². The second-order valence-electron chi connectivity index (χ2n) is 8.74. The maximum atomic E-state index is 12.5. The number of carbonyl (C=O) groups is 4. The van der Waals surface area contributed by atoms with Crippen LogP contribution in [-0.2, 0) is 23.9 Å². The van der Waals surface area contributed by atoms with Crippen molar-refractivity contribution in [2.75, 3.05) is 37.1 Å². The lowest BCUT2D eigenvalue weighted by molar-refractivity contribution is -0.384. The highest BCUT2D eigenvalue weighted by atomic mass is 16.6. The normalized spacial score (nSPS) is 14.9. The average molecular weight is 514 g/mol. The summed E-state index contributed by atoms with van der Waals surface area (Å²) in [6.07, 6.45) is -0.144. The molecule has 1 aliphatic rings. The van der Waals surface area contributed by atoms with Gasteiger partial charge >= 0.3 is 11.9 Å². The molecular formula is C25H27N3O9. The number of nitro groups is 1. The number of anilines is 2. The van der Waals surface area contributed by atoms with Crippen LogP contribution in [0.2, 0.25) is 0 Å². The number of esters is 2. The highest BCUT2D eigenvalue weighted by Gasteiger charge is 2.37. The van der Waals surface area contributed by atoms with E-state index >= 15 is 0 Å². The standard InChI is InChI=1S/C25H27N3O9/c1-15(2)13-36-24(31)16-4-6-18(7-5-16)26-22(29)14-37-25(32)17-10-23(30)27(12-17)20-9-8-19(28(33)34)11-21(20)35-3/h4-9,11,15,17H,10,12-14H2,1-3H3,(H,26,29)/t17-/m1/s1. The molecular weight excluding hydrogens is 486 g/mol.